The van der Waals surface area contributed by atoms with Crippen LogP contribution in [0.15, 0.2) is 0 Å². The number of ether oxygens (including phenoxy) is 3. The van der Waals surface area contributed by atoms with Gasteiger partial charge in [0.15, 0.2) is 6.10 Å². The van der Waals surface area contributed by atoms with E-state index in [1.54, 1.807) is 0 Å². The summed E-state index contributed by atoms with van der Waals surface area (Å²) in [5, 5.41) is 0. The van der Waals surface area contributed by atoms with Gasteiger partial charge in [-0.2, -0.15) is 0 Å². The molecule has 0 aromatic heterocycles. The van der Waals surface area contributed by atoms with Crippen LogP contribution in [0, 0.1) is 5.92 Å². The first-order chi connectivity index (χ1) is 22.4. The highest BCUT2D eigenvalue weighted by atomic mass is 16.6. The Kier molecular flexibility index (Phi) is 33.5. The van der Waals surface area contributed by atoms with Crippen molar-refractivity contribution in [1.29, 1.82) is 0 Å². The minimum absolute atomic E-state index is 0.0657. The van der Waals surface area contributed by atoms with Crippen LogP contribution < -0.4 is 0 Å². The third kappa shape index (κ3) is 33.8. The van der Waals surface area contributed by atoms with Crippen LogP contribution in [-0.2, 0) is 28.6 Å². The van der Waals surface area contributed by atoms with Crippen LogP contribution in [-0.4, -0.2) is 37.2 Å². The smallest absolute Gasteiger partial charge is 0.306 e. The van der Waals surface area contributed by atoms with E-state index in [2.05, 4.69) is 27.7 Å². The number of hydrogen-bond donors (Lipinski definition) is 0. The van der Waals surface area contributed by atoms with Crippen LogP contribution in [0.4, 0.5) is 0 Å². The molecule has 1 atom stereocenters. The summed E-state index contributed by atoms with van der Waals surface area (Å²) in [5.74, 6) is -0.0490. The number of carbonyl (C=O) groups excluding carboxylic acids is 3. The number of esters is 3. The molecule has 0 aliphatic rings. The molecule has 6 heteroatoms. The van der Waals surface area contributed by atoms with Gasteiger partial charge in [0.2, 0.25) is 0 Å². The maximum atomic E-state index is 12.5. The Balaban J connectivity index is 4.23. The van der Waals surface area contributed by atoms with Gasteiger partial charge >= 0.3 is 17.9 Å². The van der Waals surface area contributed by atoms with E-state index in [9.17, 15) is 14.4 Å². The van der Waals surface area contributed by atoms with Crippen molar-refractivity contribution in [1.82, 2.24) is 0 Å². The SMILES string of the molecule is CCCCCCCCCC(=O)OC[C@H](COC(=O)CCCCCCCCCCCCCC(C)C)OC(=O)CCCCCCCCC. The second-order valence-electron chi connectivity index (χ2n) is 14.0. The number of carbonyl (C=O) groups is 3. The lowest BCUT2D eigenvalue weighted by Gasteiger charge is -2.18. The third-order valence-corrected chi connectivity index (χ3v) is 8.79. The predicted molar refractivity (Wildman–Crippen MR) is 192 cm³/mol. The topological polar surface area (TPSA) is 78.9 Å². The molecular formula is C40H76O6. The molecular weight excluding hydrogens is 576 g/mol. The van der Waals surface area contributed by atoms with Gasteiger partial charge in [0.1, 0.15) is 13.2 Å². The summed E-state index contributed by atoms with van der Waals surface area (Å²) in [5.41, 5.74) is 0. The maximum Gasteiger partial charge on any atom is 0.306 e. The first-order valence-corrected chi connectivity index (χ1v) is 19.9. The van der Waals surface area contributed by atoms with Crippen LogP contribution in [0.1, 0.15) is 214 Å². The zero-order chi connectivity index (χ0) is 33.9. The number of rotatable bonds is 35. The van der Waals surface area contributed by atoms with Gasteiger partial charge in [0.05, 0.1) is 0 Å². The Morgan fingerprint density at radius 2 is 0.717 bits per heavy atom. The molecule has 272 valence electrons. The summed E-state index contributed by atoms with van der Waals surface area (Å²) in [6.07, 6.45) is 31.1. The zero-order valence-electron chi connectivity index (χ0n) is 31.0. The molecule has 0 aliphatic heterocycles. The van der Waals surface area contributed by atoms with Crippen LogP contribution in [0.2, 0.25) is 0 Å². The first kappa shape index (κ1) is 44.4. The van der Waals surface area contributed by atoms with Gasteiger partial charge in [0.25, 0.3) is 0 Å². The highest BCUT2D eigenvalue weighted by Crippen LogP contribution is 2.15. The molecule has 0 unspecified atom stereocenters. The minimum atomic E-state index is -0.755. The van der Waals surface area contributed by atoms with Crippen molar-refractivity contribution in [3.8, 4) is 0 Å². The molecule has 0 aromatic rings. The van der Waals surface area contributed by atoms with Crippen molar-refractivity contribution in [3.63, 3.8) is 0 Å². The minimum Gasteiger partial charge on any atom is -0.462 e. The summed E-state index contributed by atoms with van der Waals surface area (Å²) in [7, 11) is 0. The van der Waals surface area contributed by atoms with Gasteiger partial charge in [0, 0.05) is 19.3 Å². The lowest BCUT2D eigenvalue weighted by Crippen LogP contribution is -2.30. The van der Waals surface area contributed by atoms with E-state index in [-0.39, 0.29) is 31.1 Å². The summed E-state index contributed by atoms with van der Waals surface area (Å²) >= 11 is 0. The van der Waals surface area contributed by atoms with Gasteiger partial charge in [-0.15, -0.1) is 0 Å². The Labute approximate surface area is 285 Å². The van der Waals surface area contributed by atoms with E-state index in [0.29, 0.717) is 19.3 Å². The molecule has 0 radical (unpaired) electrons. The normalized spacial score (nSPS) is 11.9. The molecule has 0 aliphatic carbocycles. The molecule has 0 heterocycles. The van der Waals surface area contributed by atoms with E-state index in [1.165, 1.54) is 109 Å². The van der Waals surface area contributed by atoms with Gasteiger partial charge < -0.3 is 14.2 Å². The van der Waals surface area contributed by atoms with Crippen molar-refractivity contribution in [3.05, 3.63) is 0 Å². The molecule has 0 aromatic carbocycles. The van der Waals surface area contributed by atoms with Gasteiger partial charge in [-0.05, 0) is 25.2 Å². The third-order valence-electron chi connectivity index (χ3n) is 8.79. The molecule has 46 heavy (non-hydrogen) atoms. The molecule has 0 N–H and O–H groups in total. The van der Waals surface area contributed by atoms with E-state index in [0.717, 1.165) is 63.7 Å². The quantitative estimate of drug-likeness (QED) is 0.0385. The van der Waals surface area contributed by atoms with Crippen molar-refractivity contribution in [2.24, 2.45) is 5.92 Å². The first-order valence-electron chi connectivity index (χ1n) is 19.9. The van der Waals surface area contributed by atoms with Gasteiger partial charge in [-0.1, -0.05) is 175 Å². The highest BCUT2D eigenvalue weighted by Gasteiger charge is 2.19. The summed E-state index contributed by atoms with van der Waals surface area (Å²) in [4.78, 5) is 37.2. The van der Waals surface area contributed by atoms with E-state index >= 15 is 0 Å². The van der Waals surface area contributed by atoms with E-state index < -0.39 is 6.10 Å². The molecule has 6 nitrogen and oxygen atoms in total. The average Bonchev–Trinajstić information content (AvgIpc) is 3.03. The summed E-state index contributed by atoms with van der Waals surface area (Å²) in [6, 6.07) is 0. The largest absolute Gasteiger partial charge is 0.462 e. The molecule has 0 spiro atoms. The fourth-order valence-corrected chi connectivity index (χ4v) is 5.74. The number of unbranched alkanes of at least 4 members (excludes halogenated alkanes) is 22. The molecule has 0 bridgehead atoms. The standard InChI is InChI=1S/C40H76O6/c1-5-7-9-11-18-23-27-31-38(41)44-34-37(46-40(43)33-29-25-19-12-10-8-6-2)35-45-39(42)32-28-24-21-17-15-13-14-16-20-22-26-30-36(3)4/h36-37H,5-35H2,1-4H3/t37-/m1/s1. The van der Waals surface area contributed by atoms with Crippen molar-refractivity contribution in [2.75, 3.05) is 13.2 Å². The van der Waals surface area contributed by atoms with E-state index in [4.69, 9.17) is 14.2 Å². The van der Waals surface area contributed by atoms with Gasteiger partial charge in [-0.3, -0.25) is 14.4 Å². The molecule has 0 saturated heterocycles. The van der Waals surface area contributed by atoms with Crippen LogP contribution in [0.3, 0.4) is 0 Å². The Bertz CT molecular complexity index is 691. The van der Waals surface area contributed by atoms with Crippen LogP contribution in [0.5, 0.6) is 0 Å². The molecule has 0 saturated carbocycles. The second kappa shape index (κ2) is 34.7. The van der Waals surface area contributed by atoms with Crippen molar-refractivity contribution in [2.45, 2.75) is 220 Å². The zero-order valence-corrected chi connectivity index (χ0v) is 31.0. The van der Waals surface area contributed by atoms with Crippen molar-refractivity contribution >= 4 is 17.9 Å². The summed E-state index contributed by atoms with van der Waals surface area (Å²) in [6.45, 7) is 8.88. The predicted octanol–water partition coefficient (Wildman–Crippen LogP) is 12.0. The number of hydrogen-bond acceptors (Lipinski definition) is 6. The molecule has 0 rings (SSSR count). The Morgan fingerprint density at radius 3 is 1.07 bits per heavy atom. The highest BCUT2D eigenvalue weighted by molar-refractivity contribution is 5.71. The fraction of sp³-hybridized carbons (Fsp3) is 0.925. The lowest BCUT2D eigenvalue weighted by molar-refractivity contribution is -0.167. The second-order valence-corrected chi connectivity index (χ2v) is 14.0. The van der Waals surface area contributed by atoms with Crippen LogP contribution >= 0.6 is 0 Å². The average molecular weight is 653 g/mol. The van der Waals surface area contributed by atoms with Crippen molar-refractivity contribution < 1.29 is 28.6 Å². The van der Waals surface area contributed by atoms with Crippen LogP contribution in [0.25, 0.3) is 0 Å². The maximum absolute atomic E-state index is 12.5. The summed E-state index contributed by atoms with van der Waals surface area (Å²) < 4.78 is 16.5. The molecule has 0 fully saturated rings. The van der Waals surface area contributed by atoms with Gasteiger partial charge in [-0.25, -0.2) is 0 Å². The molecule has 0 amide bonds. The fourth-order valence-electron chi connectivity index (χ4n) is 5.74. The monoisotopic (exact) mass is 653 g/mol. The Morgan fingerprint density at radius 1 is 0.413 bits per heavy atom. The Hall–Kier alpha value is -1.59. The van der Waals surface area contributed by atoms with E-state index in [1.807, 2.05) is 0 Å². The lowest BCUT2D eigenvalue weighted by atomic mass is 10.0.